The van der Waals surface area contributed by atoms with Crippen molar-refractivity contribution in [2.75, 3.05) is 5.32 Å². The summed E-state index contributed by atoms with van der Waals surface area (Å²) in [4.78, 5) is 23.2. The first-order valence-corrected chi connectivity index (χ1v) is 8.62. The van der Waals surface area contributed by atoms with E-state index in [1.165, 1.54) is 12.3 Å². The van der Waals surface area contributed by atoms with Gasteiger partial charge < -0.3 is 10.4 Å². The van der Waals surface area contributed by atoms with E-state index in [2.05, 4.69) is 31.4 Å². The second-order valence-corrected chi connectivity index (χ2v) is 6.67. The Bertz CT molecular complexity index is 951. The van der Waals surface area contributed by atoms with Crippen molar-refractivity contribution in [3.05, 3.63) is 63.5 Å². The maximum atomic E-state index is 12.2. The van der Waals surface area contributed by atoms with Crippen molar-refractivity contribution < 1.29 is 14.7 Å². The second-order valence-electron chi connectivity index (χ2n) is 5.38. The van der Waals surface area contributed by atoms with Crippen LogP contribution in [0.4, 0.5) is 5.82 Å². The van der Waals surface area contributed by atoms with E-state index in [0.717, 1.165) is 10.2 Å². The average molecular weight is 439 g/mol. The number of aromatic nitrogens is 4. The van der Waals surface area contributed by atoms with Crippen molar-refractivity contribution >= 4 is 45.2 Å². The fraction of sp³-hybridized carbons (Fsp3) is 0.125. The van der Waals surface area contributed by atoms with Gasteiger partial charge in [0.25, 0.3) is 0 Å². The lowest BCUT2D eigenvalue weighted by Crippen LogP contribution is -2.22. The summed E-state index contributed by atoms with van der Waals surface area (Å²) in [6.07, 6.45) is 3.06. The number of nitrogens with zero attached hydrogens (tertiary/aromatic N) is 4. The third-order valence-electron chi connectivity index (χ3n) is 3.46. The van der Waals surface area contributed by atoms with Crippen LogP contribution in [-0.2, 0) is 17.9 Å². The van der Waals surface area contributed by atoms with Crippen LogP contribution in [0.15, 0.2) is 47.2 Å². The van der Waals surface area contributed by atoms with Crippen molar-refractivity contribution in [2.24, 2.45) is 0 Å². The van der Waals surface area contributed by atoms with Crippen LogP contribution in [0.1, 0.15) is 16.1 Å². The number of amides is 1. The van der Waals surface area contributed by atoms with Crippen LogP contribution >= 0.6 is 27.5 Å². The molecule has 3 aromatic rings. The van der Waals surface area contributed by atoms with Crippen molar-refractivity contribution in [1.82, 2.24) is 19.6 Å². The highest BCUT2D eigenvalue weighted by molar-refractivity contribution is 9.10. The SMILES string of the molecule is O=C(Cn1nccc1C(=O)O)Nc1nn(Cc2ccc(Cl)cc2)cc1Br. The molecule has 0 saturated heterocycles. The van der Waals surface area contributed by atoms with Gasteiger partial charge in [0.15, 0.2) is 5.82 Å². The summed E-state index contributed by atoms with van der Waals surface area (Å²) in [6, 6.07) is 8.69. The Balaban J connectivity index is 1.67. The lowest BCUT2D eigenvalue weighted by molar-refractivity contribution is -0.116. The lowest BCUT2D eigenvalue weighted by atomic mass is 10.2. The normalized spacial score (nSPS) is 10.7. The molecule has 2 N–H and O–H groups in total. The Morgan fingerprint density at radius 1 is 1.23 bits per heavy atom. The molecule has 1 aromatic carbocycles. The summed E-state index contributed by atoms with van der Waals surface area (Å²) < 4.78 is 3.38. The number of carboxylic acids is 1. The van der Waals surface area contributed by atoms with Crippen LogP contribution in [0.25, 0.3) is 0 Å². The highest BCUT2D eigenvalue weighted by Crippen LogP contribution is 2.21. The van der Waals surface area contributed by atoms with Crippen molar-refractivity contribution in [3.63, 3.8) is 0 Å². The number of anilines is 1. The molecular weight excluding hydrogens is 426 g/mol. The number of carboxylic acid groups (broad SMARTS) is 1. The van der Waals surface area contributed by atoms with Gasteiger partial charge in [-0.1, -0.05) is 23.7 Å². The van der Waals surface area contributed by atoms with Crippen LogP contribution in [0, 0.1) is 0 Å². The van der Waals surface area contributed by atoms with Gasteiger partial charge in [-0.3, -0.25) is 9.48 Å². The minimum absolute atomic E-state index is 0.0625. The Kier molecular flexibility index (Phi) is 5.38. The van der Waals surface area contributed by atoms with Crippen LogP contribution in [0.5, 0.6) is 0 Å². The van der Waals surface area contributed by atoms with E-state index in [-0.39, 0.29) is 12.2 Å². The molecule has 10 heteroatoms. The molecule has 0 saturated carbocycles. The Hall–Kier alpha value is -2.65. The van der Waals surface area contributed by atoms with Gasteiger partial charge in [0, 0.05) is 17.4 Å². The van der Waals surface area contributed by atoms with Gasteiger partial charge >= 0.3 is 5.97 Å². The maximum absolute atomic E-state index is 12.2. The monoisotopic (exact) mass is 437 g/mol. The molecule has 0 aliphatic heterocycles. The molecule has 0 aliphatic carbocycles. The molecule has 0 bridgehead atoms. The summed E-state index contributed by atoms with van der Waals surface area (Å²) in [7, 11) is 0. The number of nitrogens with one attached hydrogen (secondary N) is 1. The fourth-order valence-electron chi connectivity index (χ4n) is 2.29. The molecule has 0 fully saturated rings. The molecule has 0 spiro atoms. The predicted molar refractivity (Wildman–Crippen MR) is 98.3 cm³/mol. The smallest absolute Gasteiger partial charge is 0.354 e. The molecule has 2 heterocycles. The molecule has 134 valence electrons. The number of hydrogen-bond donors (Lipinski definition) is 2. The number of hydrogen-bond acceptors (Lipinski definition) is 4. The molecular formula is C16H13BrClN5O3. The molecule has 0 unspecified atom stereocenters. The Morgan fingerprint density at radius 3 is 2.65 bits per heavy atom. The molecule has 26 heavy (non-hydrogen) atoms. The number of rotatable bonds is 6. The fourth-order valence-corrected chi connectivity index (χ4v) is 2.83. The van der Waals surface area contributed by atoms with E-state index in [4.69, 9.17) is 16.7 Å². The van der Waals surface area contributed by atoms with Crippen LogP contribution in [0.2, 0.25) is 5.02 Å². The molecule has 3 rings (SSSR count). The third-order valence-corrected chi connectivity index (χ3v) is 4.29. The molecule has 2 aromatic heterocycles. The van der Waals surface area contributed by atoms with Gasteiger partial charge in [-0.2, -0.15) is 10.2 Å². The zero-order chi connectivity index (χ0) is 18.7. The summed E-state index contributed by atoms with van der Waals surface area (Å²) >= 11 is 9.22. The number of carbonyl (C=O) groups is 2. The third kappa shape index (κ3) is 4.30. The first-order valence-electron chi connectivity index (χ1n) is 7.45. The van der Waals surface area contributed by atoms with Gasteiger partial charge in [0.05, 0.1) is 11.0 Å². The molecule has 0 aliphatic rings. The van der Waals surface area contributed by atoms with E-state index in [0.29, 0.717) is 21.9 Å². The standard InChI is InChI=1S/C16H13BrClN5O3/c17-12-8-22(7-10-1-3-11(18)4-2-10)21-15(12)20-14(24)9-23-13(16(25)26)5-6-19-23/h1-6,8H,7,9H2,(H,25,26)(H,20,21,24). The van der Waals surface area contributed by atoms with E-state index < -0.39 is 11.9 Å². The topological polar surface area (TPSA) is 102 Å². The summed E-state index contributed by atoms with van der Waals surface area (Å²) in [6.45, 7) is 0.277. The first kappa shape index (κ1) is 18.2. The zero-order valence-electron chi connectivity index (χ0n) is 13.3. The van der Waals surface area contributed by atoms with E-state index in [1.807, 2.05) is 12.1 Å². The van der Waals surface area contributed by atoms with Gasteiger partial charge in [-0.25, -0.2) is 9.48 Å². The molecule has 0 atom stereocenters. The van der Waals surface area contributed by atoms with Crippen molar-refractivity contribution in [3.8, 4) is 0 Å². The largest absolute Gasteiger partial charge is 0.477 e. The average Bonchev–Trinajstić information content (AvgIpc) is 3.17. The van der Waals surface area contributed by atoms with Gasteiger partial charge in [0.2, 0.25) is 5.91 Å². The minimum Gasteiger partial charge on any atom is -0.477 e. The Labute approximate surface area is 161 Å². The molecule has 0 radical (unpaired) electrons. The predicted octanol–water partition coefficient (Wildman–Crippen LogP) is 2.88. The number of aromatic carboxylic acids is 1. The first-order chi connectivity index (χ1) is 12.4. The van der Waals surface area contributed by atoms with Crippen LogP contribution in [-0.4, -0.2) is 36.5 Å². The number of benzene rings is 1. The number of halogens is 2. The molecule has 1 amide bonds. The van der Waals surface area contributed by atoms with Crippen molar-refractivity contribution in [2.45, 2.75) is 13.1 Å². The van der Waals surface area contributed by atoms with Gasteiger partial charge in [0.1, 0.15) is 12.2 Å². The van der Waals surface area contributed by atoms with Crippen LogP contribution in [0.3, 0.4) is 0 Å². The minimum atomic E-state index is -1.15. The summed E-state index contributed by atoms with van der Waals surface area (Å²) in [5, 5.41) is 20.5. The van der Waals surface area contributed by atoms with Crippen LogP contribution < -0.4 is 5.32 Å². The summed E-state index contributed by atoms with van der Waals surface area (Å²) in [5.41, 5.74) is 0.942. The highest BCUT2D eigenvalue weighted by atomic mass is 79.9. The molecule has 8 nitrogen and oxygen atoms in total. The highest BCUT2D eigenvalue weighted by Gasteiger charge is 2.15. The quantitative estimate of drug-likeness (QED) is 0.616. The lowest BCUT2D eigenvalue weighted by Gasteiger charge is -2.05. The summed E-state index contributed by atoms with van der Waals surface area (Å²) in [5.74, 6) is -1.25. The Morgan fingerprint density at radius 2 is 1.96 bits per heavy atom. The van der Waals surface area contributed by atoms with Gasteiger partial charge in [-0.05, 0) is 39.7 Å². The second kappa shape index (κ2) is 7.71. The van der Waals surface area contributed by atoms with Gasteiger partial charge in [-0.15, -0.1) is 0 Å². The van der Waals surface area contributed by atoms with E-state index in [1.54, 1.807) is 23.0 Å². The van der Waals surface area contributed by atoms with E-state index in [9.17, 15) is 9.59 Å². The van der Waals surface area contributed by atoms with Crippen molar-refractivity contribution in [1.29, 1.82) is 0 Å². The number of carbonyl (C=O) groups excluding carboxylic acids is 1. The maximum Gasteiger partial charge on any atom is 0.354 e. The van der Waals surface area contributed by atoms with E-state index >= 15 is 0 Å². The zero-order valence-corrected chi connectivity index (χ0v) is 15.6.